The number of H-pyrrole nitrogens is 1. The lowest BCUT2D eigenvalue weighted by atomic mass is 10.1. The molecule has 0 aliphatic rings. The van der Waals surface area contributed by atoms with Crippen LogP contribution in [0.15, 0.2) is 53.0 Å². The molecule has 4 N–H and O–H groups in total. The molecule has 5 nitrogen and oxygen atoms in total. The Morgan fingerprint density at radius 1 is 1.12 bits per heavy atom. The number of aromatic amines is 1. The van der Waals surface area contributed by atoms with Crippen molar-refractivity contribution in [3.8, 4) is 0 Å². The summed E-state index contributed by atoms with van der Waals surface area (Å²) in [6.45, 7) is 1.97. The highest BCUT2D eigenvalue weighted by atomic mass is 79.9. The molecule has 1 heterocycles. The van der Waals surface area contributed by atoms with E-state index in [0.29, 0.717) is 5.11 Å². The lowest BCUT2D eigenvalue weighted by Crippen LogP contribution is -2.44. The summed E-state index contributed by atoms with van der Waals surface area (Å²) in [7, 11) is 0. The predicted molar refractivity (Wildman–Crippen MR) is 108 cm³/mol. The fraction of sp³-hybridized carbons (Fsp3) is 0.111. The molecule has 7 heteroatoms. The van der Waals surface area contributed by atoms with E-state index in [4.69, 9.17) is 12.2 Å². The third-order valence-corrected chi connectivity index (χ3v) is 4.51. The highest BCUT2D eigenvalue weighted by Gasteiger charge is 2.12. The van der Waals surface area contributed by atoms with Gasteiger partial charge in [0.15, 0.2) is 5.11 Å². The standard InChI is InChI=1S/C18H17BrN4OS/c1-11-15(14-4-2-3-5-16(14)20-11)10-17(24)22-23-18(25)21-13-8-6-12(19)7-9-13/h2-9,20H,10H2,1H3,(H,22,24)(H2,21,23,25). The maximum atomic E-state index is 12.2. The average Bonchev–Trinajstić information content (AvgIpc) is 2.91. The second-order valence-corrected chi connectivity index (χ2v) is 6.91. The number of hydrogen-bond acceptors (Lipinski definition) is 2. The van der Waals surface area contributed by atoms with Crippen molar-refractivity contribution in [2.24, 2.45) is 0 Å². The number of hydrogen-bond donors (Lipinski definition) is 4. The number of aromatic nitrogens is 1. The minimum Gasteiger partial charge on any atom is -0.358 e. The van der Waals surface area contributed by atoms with Gasteiger partial charge < -0.3 is 10.3 Å². The number of fused-ring (bicyclic) bond motifs is 1. The van der Waals surface area contributed by atoms with Crippen molar-refractivity contribution in [1.82, 2.24) is 15.8 Å². The van der Waals surface area contributed by atoms with Gasteiger partial charge in [-0.25, -0.2) is 0 Å². The number of rotatable bonds is 3. The minimum absolute atomic E-state index is 0.159. The molecular formula is C18H17BrN4OS. The summed E-state index contributed by atoms with van der Waals surface area (Å²) >= 11 is 8.56. The van der Waals surface area contributed by atoms with Gasteiger partial charge in [-0.05, 0) is 55.0 Å². The molecule has 1 aromatic heterocycles. The van der Waals surface area contributed by atoms with Crippen LogP contribution < -0.4 is 16.2 Å². The van der Waals surface area contributed by atoms with Crippen molar-refractivity contribution in [3.05, 3.63) is 64.3 Å². The monoisotopic (exact) mass is 416 g/mol. The number of carbonyl (C=O) groups is 1. The first-order chi connectivity index (χ1) is 12.0. The van der Waals surface area contributed by atoms with Gasteiger partial charge in [-0.2, -0.15) is 0 Å². The van der Waals surface area contributed by atoms with Crippen LogP contribution in [0.1, 0.15) is 11.3 Å². The van der Waals surface area contributed by atoms with E-state index in [0.717, 1.165) is 32.3 Å². The van der Waals surface area contributed by atoms with Crippen LogP contribution in [0.5, 0.6) is 0 Å². The van der Waals surface area contributed by atoms with Crippen LogP contribution in [0.25, 0.3) is 10.9 Å². The molecule has 0 unspecified atom stereocenters. The van der Waals surface area contributed by atoms with E-state index < -0.39 is 0 Å². The summed E-state index contributed by atoms with van der Waals surface area (Å²) in [6.07, 6.45) is 0.268. The molecule has 0 spiro atoms. The van der Waals surface area contributed by atoms with E-state index in [9.17, 15) is 4.79 Å². The van der Waals surface area contributed by atoms with E-state index in [1.165, 1.54) is 0 Å². The van der Waals surface area contributed by atoms with Crippen molar-refractivity contribution in [2.75, 3.05) is 5.32 Å². The number of hydrazine groups is 1. The zero-order chi connectivity index (χ0) is 17.8. The Labute approximate surface area is 159 Å². The van der Waals surface area contributed by atoms with Crippen LogP contribution in [0.3, 0.4) is 0 Å². The van der Waals surface area contributed by atoms with Crippen molar-refractivity contribution >= 4 is 55.8 Å². The van der Waals surface area contributed by atoms with Crippen LogP contribution in [-0.4, -0.2) is 16.0 Å². The van der Waals surface area contributed by atoms with Crippen LogP contribution in [0.4, 0.5) is 5.69 Å². The van der Waals surface area contributed by atoms with Gasteiger partial charge in [0.1, 0.15) is 0 Å². The van der Waals surface area contributed by atoms with Gasteiger partial charge >= 0.3 is 0 Å². The maximum Gasteiger partial charge on any atom is 0.242 e. The summed E-state index contributed by atoms with van der Waals surface area (Å²) in [4.78, 5) is 15.5. The van der Waals surface area contributed by atoms with E-state index >= 15 is 0 Å². The Kier molecular flexibility index (Phi) is 5.35. The van der Waals surface area contributed by atoms with Crippen LogP contribution >= 0.6 is 28.1 Å². The molecule has 3 aromatic rings. The van der Waals surface area contributed by atoms with Gasteiger partial charge in [0.05, 0.1) is 6.42 Å². The summed E-state index contributed by atoms with van der Waals surface area (Å²) in [5.74, 6) is -0.159. The number of amides is 1. The van der Waals surface area contributed by atoms with Gasteiger partial charge in [-0.1, -0.05) is 34.1 Å². The predicted octanol–water partition coefficient (Wildman–Crippen LogP) is 3.80. The Morgan fingerprint density at radius 2 is 1.84 bits per heavy atom. The largest absolute Gasteiger partial charge is 0.358 e. The molecule has 0 aliphatic heterocycles. The Morgan fingerprint density at radius 3 is 2.60 bits per heavy atom. The van der Waals surface area contributed by atoms with Crippen LogP contribution in [0, 0.1) is 6.92 Å². The van der Waals surface area contributed by atoms with Crippen molar-refractivity contribution in [3.63, 3.8) is 0 Å². The fourth-order valence-electron chi connectivity index (χ4n) is 2.59. The van der Waals surface area contributed by atoms with Gasteiger partial charge in [-0.3, -0.25) is 15.6 Å². The minimum atomic E-state index is -0.159. The number of aryl methyl sites for hydroxylation is 1. The van der Waals surface area contributed by atoms with E-state index in [-0.39, 0.29) is 12.3 Å². The summed E-state index contributed by atoms with van der Waals surface area (Å²) in [6, 6.07) is 15.5. The molecule has 0 fully saturated rings. The molecule has 128 valence electrons. The van der Waals surface area contributed by atoms with Crippen LogP contribution in [0.2, 0.25) is 0 Å². The lowest BCUT2D eigenvalue weighted by Gasteiger charge is -2.11. The topological polar surface area (TPSA) is 69.0 Å². The SMILES string of the molecule is Cc1[nH]c2ccccc2c1CC(=O)NNC(=S)Nc1ccc(Br)cc1. The van der Waals surface area contributed by atoms with Crippen LogP contribution in [-0.2, 0) is 11.2 Å². The molecular weight excluding hydrogens is 400 g/mol. The zero-order valence-electron chi connectivity index (χ0n) is 13.5. The number of carbonyl (C=O) groups excluding carboxylic acids is 1. The molecule has 2 aromatic carbocycles. The number of thiocarbonyl (C=S) groups is 1. The fourth-order valence-corrected chi connectivity index (χ4v) is 3.02. The molecule has 0 atom stereocenters. The quantitative estimate of drug-likeness (QED) is 0.387. The molecule has 25 heavy (non-hydrogen) atoms. The molecule has 3 rings (SSSR count). The molecule has 1 amide bonds. The first kappa shape index (κ1) is 17.4. The molecule has 0 aliphatic carbocycles. The number of para-hydroxylation sites is 1. The third-order valence-electron chi connectivity index (χ3n) is 3.78. The second-order valence-electron chi connectivity index (χ2n) is 5.59. The highest BCUT2D eigenvalue weighted by molar-refractivity contribution is 9.10. The first-order valence-corrected chi connectivity index (χ1v) is 8.90. The van der Waals surface area contributed by atoms with E-state index in [1.54, 1.807) is 0 Å². The van der Waals surface area contributed by atoms with E-state index in [2.05, 4.69) is 37.1 Å². The molecule has 0 radical (unpaired) electrons. The number of nitrogens with one attached hydrogen (secondary N) is 4. The summed E-state index contributed by atoms with van der Waals surface area (Å²) in [5, 5.41) is 4.39. The van der Waals surface area contributed by atoms with Crippen molar-refractivity contribution in [2.45, 2.75) is 13.3 Å². The van der Waals surface area contributed by atoms with E-state index in [1.807, 2.05) is 55.5 Å². The smallest absolute Gasteiger partial charge is 0.242 e. The average molecular weight is 417 g/mol. The van der Waals surface area contributed by atoms with Gasteiger partial charge in [0.2, 0.25) is 5.91 Å². The molecule has 0 saturated carbocycles. The second kappa shape index (κ2) is 7.67. The zero-order valence-corrected chi connectivity index (χ0v) is 15.9. The molecule has 0 bridgehead atoms. The third kappa shape index (κ3) is 4.37. The first-order valence-electron chi connectivity index (χ1n) is 7.70. The highest BCUT2D eigenvalue weighted by Crippen LogP contribution is 2.22. The number of anilines is 1. The summed E-state index contributed by atoms with van der Waals surface area (Å²) in [5.41, 5.74) is 9.20. The van der Waals surface area contributed by atoms with Gasteiger partial charge in [0.25, 0.3) is 0 Å². The Hall–Kier alpha value is -2.38. The number of benzene rings is 2. The van der Waals surface area contributed by atoms with Crippen molar-refractivity contribution in [1.29, 1.82) is 0 Å². The normalized spacial score (nSPS) is 10.5. The summed E-state index contributed by atoms with van der Waals surface area (Å²) < 4.78 is 0.985. The van der Waals surface area contributed by atoms with Crippen molar-refractivity contribution < 1.29 is 4.79 Å². The molecule has 0 saturated heterocycles. The Bertz CT molecular complexity index is 920. The van der Waals surface area contributed by atoms with Gasteiger partial charge in [-0.15, -0.1) is 0 Å². The van der Waals surface area contributed by atoms with Gasteiger partial charge in [0, 0.05) is 26.8 Å². The maximum absolute atomic E-state index is 12.2. The number of halogens is 1. The Balaban J connectivity index is 1.56. The lowest BCUT2D eigenvalue weighted by molar-refractivity contribution is -0.120.